The number of nitrogens with one attached hydrogen (secondary N) is 1. The fourth-order valence-electron chi connectivity index (χ4n) is 2.90. The van der Waals surface area contributed by atoms with Crippen molar-refractivity contribution < 1.29 is 14.5 Å². The number of nitro groups is 1. The van der Waals surface area contributed by atoms with Crippen molar-refractivity contribution in [3.05, 3.63) is 38.9 Å². The SMILES string of the molecule is O=C(NC1CCN(C(=O)C2CC2)CC1)c1ccc([N+](=O)[O-])cc1Cl. The lowest BCUT2D eigenvalue weighted by atomic mass is 10.0. The number of rotatable bonds is 4. The van der Waals surface area contributed by atoms with Crippen molar-refractivity contribution in [1.82, 2.24) is 10.2 Å². The summed E-state index contributed by atoms with van der Waals surface area (Å²) in [5, 5.41) is 13.7. The van der Waals surface area contributed by atoms with E-state index in [4.69, 9.17) is 11.6 Å². The average molecular weight is 352 g/mol. The number of hydrogen-bond donors (Lipinski definition) is 1. The Hall–Kier alpha value is -2.15. The summed E-state index contributed by atoms with van der Waals surface area (Å²) in [4.78, 5) is 36.3. The smallest absolute Gasteiger partial charge is 0.270 e. The van der Waals surface area contributed by atoms with Crippen LogP contribution in [0.1, 0.15) is 36.0 Å². The lowest BCUT2D eigenvalue weighted by molar-refractivity contribution is -0.384. The Kier molecular flexibility index (Phi) is 4.71. The molecule has 1 aromatic carbocycles. The van der Waals surface area contributed by atoms with E-state index in [0.29, 0.717) is 25.9 Å². The molecule has 0 aromatic heterocycles. The molecule has 0 unspecified atom stereocenters. The molecule has 1 saturated carbocycles. The summed E-state index contributed by atoms with van der Waals surface area (Å²) in [6.45, 7) is 1.29. The molecule has 1 aliphatic heterocycles. The Balaban J connectivity index is 1.56. The molecule has 3 rings (SSSR count). The van der Waals surface area contributed by atoms with E-state index in [1.54, 1.807) is 0 Å². The third-order valence-electron chi connectivity index (χ3n) is 4.48. The molecule has 1 heterocycles. The predicted octanol–water partition coefficient (Wildman–Crippen LogP) is 2.38. The highest BCUT2D eigenvalue weighted by Gasteiger charge is 2.35. The third kappa shape index (κ3) is 3.67. The highest BCUT2D eigenvalue weighted by Crippen LogP contribution is 2.32. The Morgan fingerprint density at radius 1 is 1.21 bits per heavy atom. The molecule has 0 atom stereocenters. The van der Waals surface area contributed by atoms with Crippen molar-refractivity contribution in [3.8, 4) is 0 Å². The molecule has 0 bridgehead atoms. The molecule has 0 spiro atoms. The topological polar surface area (TPSA) is 92.6 Å². The molecule has 2 amide bonds. The van der Waals surface area contributed by atoms with E-state index in [1.165, 1.54) is 18.2 Å². The molecule has 1 aromatic rings. The van der Waals surface area contributed by atoms with E-state index < -0.39 is 4.92 Å². The maximum atomic E-state index is 12.3. The van der Waals surface area contributed by atoms with Crippen LogP contribution in [-0.4, -0.2) is 40.8 Å². The molecular formula is C16H18ClN3O4. The van der Waals surface area contributed by atoms with Crippen molar-refractivity contribution in [2.24, 2.45) is 5.92 Å². The highest BCUT2D eigenvalue weighted by molar-refractivity contribution is 6.34. The van der Waals surface area contributed by atoms with Gasteiger partial charge in [0.25, 0.3) is 11.6 Å². The standard InChI is InChI=1S/C16H18ClN3O4/c17-14-9-12(20(23)24)3-4-13(14)15(21)18-11-5-7-19(8-6-11)16(22)10-1-2-10/h3-4,9-11H,1-2,5-8H2,(H,18,21). The first-order chi connectivity index (χ1) is 11.5. The largest absolute Gasteiger partial charge is 0.349 e. The first-order valence-corrected chi connectivity index (χ1v) is 8.37. The average Bonchev–Trinajstić information content (AvgIpc) is 3.39. The molecule has 1 saturated heterocycles. The van der Waals surface area contributed by atoms with E-state index in [1.807, 2.05) is 4.90 Å². The fourth-order valence-corrected chi connectivity index (χ4v) is 3.16. The summed E-state index contributed by atoms with van der Waals surface area (Å²) in [5.41, 5.74) is 0.0715. The fraction of sp³-hybridized carbons (Fsp3) is 0.500. The molecule has 7 nitrogen and oxygen atoms in total. The normalized spacial score (nSPS) is 18.3. The molecule has 2 aliphatic rings. The number of nitro benzene ring substituents is 1. The van der Waals surface area contributed by atoms with Gasteiger partial charge in [0.1, 0.15) is 0 Å². The highest BCUT2D eigenvalue weighted by atomic mass is 35.5. The van der Waals surface area contributed by atoms with Gasteiger partial charge in [-0.2, -0.15) is 0 Å². The van der Waals surface area contributed by atoms with Crippen LogP contribution in [0.5, 0.6) is 0 Å². The van der Waals surface area contributed by atoms with Crippen LogP contribution in [0.2, 0.25) is 5.02 Å². The zero-order valence-corrected chi connectivity index (χ0v) is 13.8. The zero-order valence-electron chi connectivity index (χ0n) is 13.0. The first-order valence-electron chi connectivity index (χ1n) is 7.99. The maximum absolute atomic E-state index is 12.3. The van der Waals surface area contributed by atoms with Gasteiger partial charge in [-0.15, -0.1) is 0 Å². The number of halogens is 1. The second kappa shape index (κ2) is 6.76. The van der Waals surface area contributed by atoms with Crippen molar-refractivity contribution >= 4 is 29.1 Å². The Morgan fingerprint density at radius 3 is 2.42 bits per heavy atom. The summed E-state index contributed by atoms with van der Waals surface area (Å²) in [7, 11) is 0. The molecule has 128 valence electrons. The van der Waals surface area contributed by atoms with Crippen LogP contribution in [0.25, 0.3) is 0 Å². The van der Waals surface area contributed by atoms with Gasteiger partial charge in [0.2, 0.25) is 5.91 Å². The molecule has 2 fully saturated rings. The minimum absolute atomic E-state index is 0.0213. The van der Waals surface area contributed by atoms with E-state index in [2.05, 4.69) is 5.32 Å². The molecule has 8 heteroatoms. The third-order valence-corrected chi connectivity index (χ3v) is 4.79. The number of benzene rings is 1. The summed E-state index contributed by atoms with van der Waals surface area (Å²) >= 11 is 5.97. The first kappa shape index (κ1) is 16.7. The van der Waals surface area contributed by atoms with Gasteiger partial charge in [-0.05, 0) is 31.7 Å². The monoisotopic (exact) mass is 351 g/mol. The summed E-state index contributed by atoms with van der Waals surface area (Å²) < 4.78 is 0. The van der Waals surface area contributed by atoms with Gasteiger partial charge in [0, 0.05) is 37.2 Å². The van der Waals surface area contributed by atoms with Crippen LogP contribution in [-0.2, 0) is 4.79 Å². The second-order valence-electron chi connectivity index (χ2n) is 6.27. The number of non-ortho nitro benzene ring substituents is 1. The van der Waals surface area contributed by atoms with Gasteiger partial charge < -0.3 is 10.2 Å². The van der Waals surface area contributed by atoms with E-state index in [0.717, 1.165) is 12.8 Å². The quantitative estimate of drug-likeness (QED) is 0.665. The zero-order chi connectivity index (χ0) is 17.3. The number of likely N-dealkylation sites (tertiary alicyclic amines) is 1. The van der Waals surface area contributed by atoms with E-state index >= 15 is 0 Å². The number of nitrogens with zero attached hydrogens (tertiary/aromatic N) is 2. The van der Waals surface area contributed by atoms with Crippen LogP contribution >= 0.6 is 11.6 Å². The number of amides is 2. The molecule has 1 N–H and O–H groups in total. The second-order valence-corrected chi connectivity index (χ2v) is 6.68. The molecule has 1 aliphatic carbocycles. The van der Waals surface area contributed by atoms with Crippen molar-refractivity contribution in [3.63, 3.8) is 0 Å². The van der Waals surface area contributed by atoms with E-state index in [9.17, 15) is 19.7 Å². The van der Waals surface area contributed by atoms with Gasteiger partial charge in [0.15, 0.2) is 0 Å². The minimum atomic E-state index is -0.555. The number of carbonyl (C=O) groups is 2. The van der Waals surface area contributed by atoms with Gasteiger partial charge >= 0.3 is 0 Å². The maximum Gasteiger partial charge on any atom is 0.270 e. The Labute approximate surface area is 144 Å². The van der Waals surface area contributed by atoms with Gasteiger partial charge in [-0.25, -0.2) is 0 Å². The molecular weight excluding hydrogens is 334 g/mol. The molecule has 24 heavy (non-hydrogen) atoms. The lowest BCUT2D eigenvalue weighted by Gasteiger charge is -2.32. The summed E-state index contributed by atoms with van der Waals surface area (Å²) in [6.07, 6.45) is 3.39. The van der Waals surface area contributed by atoms with Gasteiger partial charge in [0.05, 0.1) is 15.5 Å². The number of carbonyl (C=O) groups excluding carboxylic acids is 2. The summed E-state index contributed by atoms with van der Waals surface area (Å²) in [5.74, 6) is 0.107. The minimum Gasteiger partial charge on any atom is -0.349 e. The van der Waals surface area contributed by atoms with Crippen LogP contribution in [0.15, 0.2) is 18.2 Å². The van der Waals surface area contributed by atoms with Crippen LogP contribution in [0.4, 0.5) is 5.69 Å². The lowest BCUT2D eigenvalue weighted by Crippen LogP contribution is -2.47. The number of hydrogen-bond acceptors (Lipinski definition) is 4. The van der Waals surface area contributed by atoms with Gasteiger partial charge in [-0.1, -0.05) is 11.6 Å². The van der Waals surface area contributed by atoms with Crippen LogP contribution in [0, 0.1) is 16.0 Å². The Morgan fingerprint density at radius 2 is 1.88 bits per heavy atom. The number of piperidine rings is 1. The predicted molar refractivity (Wildman–Crippen MR) is 87.9 cm³/mol. The van der Waals surface area contributed by atoms with Crippen molar-refractivity contribution in [1.29, 1.82) is 0 Å². The van der Waals surface area contributed by atoms with Crippen LogP contribution in [0.3, 0.4) is 0 Å². The Bertz CT molecular complexity index is 682. The van der Waals surface area contributed by atoms with Crippen LogP contribution < -0.4 is 5.32 Å². The van der Waals surface area contributed by atoms with Gasteiger partial charge in [-0.3, -0.25) is 19.7 Å². The van der Waals surface area contributed by atoms with Crippen molar-refractivity contribution in [2.45, 2.75) is 31.7 Å². The van der Waals surface area contributed by atoms with Crippen molar-refractivity contribution in [2.75, 3.05) is 13.1 Å². The summed E-state index contributed by atoms with van der Waals surface area (Å²) in [6, 6.07) is 3.78. The van der Waals surface area contributed by atoms with E-state index in [-0.39, 0.29) is 40.0 Å². The molecule has 0 radical (unpaired) electrons.